The van der Waals surface area contributed by atoms with Crippen LogP contribution in [0.3, 0.4) is 0 Å². The summed E-state index contributed by atoms with van der Waals surface area (Å²) in [7, 11) is 0. The van der Waals surface area contributed by atoms with E-state index in [4.69, 9.17) is 0 Å². The van der Waals surface area contributed by atoms with Crippen molar-refractivity contribution in [3.05, 3.63) is 66.6 Å². The molecule has 6 heteroatoms. The number of nitrogens with one attached hydrogen (secondary N) is 1. The molecule has 0 radical (unpaired) electrons. The standard InChI is InChI=1S/C15H14Br2N2O2/c1-9-3-5-12(8-15(9)19(20)21)18-10(2)13-6-4-11(16)7-14(13)17/h3-8,10,18H,1-2H3. The summed E-state index contributed by atoms with van der Waals surface area (Å²) in [5.41, 5.74) is 2.60. The third kappa shape index (κ3) is 3.83. The Morgan fingerprint density at radius 2 is 1.90 bits per heavy atom. The van der Waals surface area contributed by atoms with E-state index in [1.807, 2.05) is 31.2 Å². The smallest absolute Gasteiger partial charge is 0.274 e. The van der Waals surface area contributed by atoms with Crippen molar-refractivity contribution in [2.24, 2.45) is 0 Å². The van der Waals surface area contributed by atoms with Crippen LogP contribution in [0.25, 0.3) is 0 Å². The van der Waals surface area contributed by atoms with Crippen molar-refractivity contribution in [2.45, 2.75) is 19.9 Å². The van der Waals surface area contributed by atoms with Crippen LogP contribution < -0.4 is 5.32 Å². The Morgan fingerprint density at radius 3 is 2.52 bits per heavy atom. The molecule has 0 amide bonds. The fraction of sp³-hybridized carbons (Fsp3) is 0.200. The molecule has 0 heterocycles. The number of hydrogen-bond acceptors (Lipinski definition) is 3. The largest absolute Gasteiger partial charge is 0.378 e. The van der Waals surface area contributed by atoms with Gasteiger partial charge in [-0.15, -0.1) is 0 Å². The van der Waals surface area contributed by atoms with Crippen molar-refractivity contribution >= 4 is 43.2 Å². The van der Waals surface area contributed by atoms with Gasteiger partial charge in [-0.1, -0.05) is 44.0 Å². The van der Waals surface area contributed by atoms with Crippen molar-refractivity contribution in [3.8, 4) is 0 Å². The normalized spacial score (nSPS) is 12.0. The van der Waals surface area contributed by atoms with E-state index >= 15 is 0 Å². The van der Waals surface area contributed by atoms with E-state index in [0.29, 0.717) is 5.56 Å². The van der Waals surface area contributed by atoms with Crippen LogP contribution in [-0.4, -0.2) is 4.92 Å². The van der Waals surface area contributed by atoms with Crippen LogP contribution in [0.15, 0.2) is 45.3 Å². The van der Waals surface area contributed by atoms with Gasteiger partial charge in [0.2, 0.25) is 0 Å². The molecule has 0 aliphatic rings. The SMILES string of the molecule is Cc1ccc(NC(C)c2ccc(Br)cc2Br)cc1[N+](=O)[O-]. The van der Waals surface area contributed by atoms with Gasteiger partial charge in [0, 0.05) is 32.3 Å². The van der Waals surface area contributed by atoms with Crippen LogP contribution in [0.2, 0.25) is 0 Å². The number of halogens is 2. The summed E-state index contributed by atoms with van der Waals surface area (Å²) in [4.78, 5) is 10.6. The van der Waals surface area contributed by atoms with Gasteiger partial charge in [0.05, 0.1) is 4.92 Å². The van der Waals surface area contributed by atoms with Crippen LogP contribution in [0.4, 0.5) is 11.4 Å². The highest BCUT2D eigenvalue weighted by molar-refractivity contribution is 9.11. The van der Waals surface area contributed by atoms with Gasteiger partial charge in [0.15, 0.2) is 0 Å². The average molecular weight is 414 g/mol. The quantitative estimate of drug-likeness (QED) is 0.524. The monoisotopic (exact) mass is 412 g/mol. The maximum absolute atomic E-state index is 11.0. The van der Waals surface area contributed by atoms with Gasteiger partial charge in [-0.25, -0.2) is 0 Å². The Hall–Kier alpha value is -1.40. The molecule has 4 nitrogen and oxygen atoms in total. The molecule has 21 heavy (non-hydrogen) atoms. The first-order chi connectivity index (χ1) is 9.88. The Morgan fingerprint density at radius 1 is 1.19 bits per heavy atom. The molecule has 0 aliphatic heterocycles. The number of benzene rings is 2. The second-order valence-electron chi connectivity index (χ2n) is 4.79. The summed E-state index contributed by atoms with van der Waals surface area (Å²) in [6.45, 7) is 3.75. The molecule has 1 atom stereocenters. The number of rotatable bonds is 4. The van der Waals surface area contributed by atoms with Crippen molar-refractivity contribution in [2.75, 3.05) is 5.32 Å². The zero-order chi connectivity index (χ0) is 15.6. The number of nitro benzene ring substituents is 1. The molecule has 1 unspecified atom stereocenters. The zero-order valence-electron chi connectivity index (χ0n) is 11.6. The second-order valence-corrected chi connectivity index (χ2v) is 6.56. The minimum absolute atomic E-state index is 0.0229. The van der Waals surface area contributed by atoms with Gasteiger partial charge >= 0.3 is 0 Å². The fourth-order valence-corrected chi connectivity index (χ4v) is 3.47. The average Bonchev–Trinajstić information content (AvgIpc) is 2.40. The third-order valence-electron chi connectivity index (χ3n) is 3.22. The molecule has 0 bridgehead atoms. The van der Waals surface area contributed by atoms with Gasteiger partial charge in [-0.3, -0.25) is 10.1 Å². The predicted molar refractivity (Wildman–Crippen MR) is 91.7 cm³/mol. The Bertz CT molecular complexity index is 689. The highest BCUT2D eigenvalue weighted by atomic mass is 79.9. The van der Waals surface area contributed by atoms with Crippen LogP contribution in [0.5, 0.6) is 0 Å². The third-order valence-corrected chi connectivity index (χ3v) is 4.40. The summed E-state index contributed by atoms with van der Waals surface area (Å²) in [5, 5.41) is 14.3. The molecule has 1 N–H and O–H groups in total. The number of nitro groups is 1. The number of nitrogens with zero attached hydrogens (tertiary/aromatic N) is 1. The molecule has 2 aromatic rings. The van der Waals surface area contributed by atoms with Crippen molar-refractivity contribution in [3.63, 3.8) is 0 Å². The predicted octanol–water partition coefficient (Wildman–Crippen LogP) is 5.60. The molecule has 0 saturated heterocycles. The Labute approximate surface area is 140 Å². The molecular weight excluding hydrogens is 400 g/mol. The lowest BCUT2D eigenvalue weighted by atomic mass is 10.1. The van der Waals surface area contributed by atoms with Crippen molar-refractivity contribution in [1.29, 1.82) is 0 Å². The lowest BCUT2D eigenvalue weighted by Gasteiger charge is -2.17. The first-order valence-electron chi connectivity index (χ1n) is 6.35. The molecule has 2 rings (SSSR count). The summed E-state index contributed by atoms with van der Waals surface area (Å²) in [6, 6.07) is 11.2. The Balaban J connectivity index is 2.25. The molecule has 0 aromatic heterocycles. The number of hydrogen-bond donors (Lipinski definition) is 1. The highest BCUT2D eigenvalue weighted by Crippen LogP contribution is 2.30. The maximum Gasteiger partial charge on any atom is 0.274 e. The van der Waals surface area contributed by atoms with Gasteiger partial charge < -0.3 is 5.32 Å². The summed E-state index contributed by atoms with van der Waals surface area (Å²) < 4.78 is 1.98. The second kappa shape index (κ2) is 6.58. The lowest BCUT2D eigenvalue weighted by Crippen LogP contribution is -2.07. The first kappa shape index (κ1) is 16.0. The van der Waals surface area contributed by atoms with Crippen molar-refractivity contribution in [1.82, 2.24) is 0 Å². The minimum atomic E-state index is -0.360. The van der Waals surface area contributed by atoms with Crippen LogP contribution in [0, 0.1) is 17.0 Å². The summed E-state index contributed by atoms with van der Waals surface area (Å²) in [6.07, 6.45) is 0. The van der Waals surface area contributed by atoms with E-state index in [9.17, 15) is 10.1 Å². The molecule has 2 aromatic carbocycles. The highest BCUT2D eigenvalue weighted by Gasteiger charge is 2.14. The van der Waals surface area contributed by atoms with Crippen molar-refractivity contribution < 1.29 is 4.92 Å². The van der Waals surface area contributed by atoms with E-state index in [0.717, 1.165) is 20.2 Å². The number of anilines is 1. The Kier molecular flexibility index (Phi) is 5.00. The maximum atomic E-state index is 11.0. The molecule has 0 spiro atoms. The van der Waals surface area contributed by atoms with Crippen LogP contribution in [-0.2, 0) is 0 Å². The topological polar surface area (TPSA) is 55.2 Å². The first-order valence-corrected chi connectivity index (χ1v) is 7.93. The van der Waals surface area contributed by atoms with Gasteiger partial charge in [-0.2, -0.15) is 0 Å². The molecule has 110 valence electrons. The fourth-order valence-electron chi connectivity index (χ4n) is 2.08. The summed E-state index contributed by atoms with van der Waals surface area (Å²) in [5.74, 6) is 0. The lowest BCUT2D eigenvalue weighted by molar-refractivity contribution is -0.385. The van der Waals surface area contributed by atoms with Crippen LogP contribution in [0.1, 0.15) is 24.1 Å². The van der Waals surface area contributed by atoms with E-state index in [-0.39, 0.29) is 16.7 Å². The minimum Gasteiger partial charge on any atom is -0.378 e. The van der Waals surface area contributed by atoms with E-state index in [1.54, 1.807) is 19.1 Å². The van der Waals surface area contributed by atoms with Crippen LogP contribution >= 0.6 is 31.9 Å². The van der Waals surface area contributed by atoms with E-state index < -0.39 is 0 Å². The molecule has 0 saturated carbocycles. The number of aryl methyl sites for hydroxylation is 1. The zero-order valence-corrected chi connectivity index (χ0v) is 14.7. The van der Waals surface area contributed by atoms with Gasteiger partial charge in [0.25, 0.3) is 5.69 Å². The molecule has 0 aliphatic carbocycles. The molecular formula is C15H14Br2N2O2. The summed E-state index contributed by atoms with van der Waals surface area (Å²) >= 11 is 6.95. The van der Waals surface area contributed by atoms with Gasteiger partial charge in [-0.05, 0) is 37.6 Å². The molecule has 0 fully saturated rings. The van der Waals surface area contributed by atoms with E-state index in [1.165, 1.54) is 0 Å². The van der Waals surface area contributed by atoms with Gasteiger partial charge in [0.1, 0.15) is 0 Å². The van der Waals surface area contributed by atoms with E-state index in [2.05, 4.69) is 37.2 Å².